The zero-order chi connectivity index (χ0) is 9.19. The third-order valence-electron chi connectivity index (χ3n) is 2.18. The van der Waals surface area contributed by atoms with Crippen LogP contribution in [0.4, 0.5) is 0 Å². The molecule has 0 saturated heterocycles. The summed E-state index contributed by atoms with van der Waals surface area (Å²) in [5, 5.41) is 0. The number of allylic oxidation sites excluding steroid dienone is 4. The first-order chi connectivity index (χ1) is 6.50. The molecule has 1 aliphatic rings. The maximum atomic E-state index is 2.35. The summed E-state index contributed by atoms with van der Waals surface area (Å²) in [5.41, 5.74) is 0. The molecule has 0 N–H and O–H groups in total. The van der Waals surface area contributed by atoms with Gasteiger partial charge in [-0.2, -0.15) is 11.8 Å². The highest BCUT2D eigenvalue weighted by molar-refractivity contribution is 7.99. The average Bonchev–Trinajstić information content (AvgIpc) is 2.18. The van der Waals surface area contributed by atoms with Gasteiger partial charge in [0.2, 0.25) is 0 Å². The third-order valence-corrected chi connectivity index (χ3v) is 3.23. The van der Waals surface area contributed by atoms with Crippen molar-refractivity contribution in [3.63, 3.8) is 0 Å². The Hall–Kier alpha value is -0.170. The van der Waals surface area contributed by atoms with Crippen LogP contribution in [-0.2, 0) is 0 Å². The van der Waals surface area contributed by atoms with Crippen molar-refractivity contribution < 1.29 is 0 Å². The lowest BCUT2D eigenvalue weighted by Gasteiger charge is -1.94. The summed E-state index contributed by atoms with van der Waals surface area (Å²) >= 11 is 2.07. The molecule has 0 bridgehead atoms. The van der Waals surface area contributed by atoms with Gasteiger partial charge in [-0.3, -0.25) is 0 Å². The van der Waals surface area contributed by atoms with Gasteiger partial charge in [-0.05, 0) is 50.0 Å². The zero-order valence-electron chi connectivity index (χ0n) is 8.37. The standard InChI is InChI=1S/C12H20S/c1-2-4-6-8-10-12-13-11-9-7-5-3-1/h5-8H,1-4,9-12H2/b7-5-,8-6-. The average molecular weight is 196 g/mol. The van der Waals surface area contributed by atoms with E-state index < -0.39 is 0 Å². The van der Waals surface area contributed by atoms with Crippen LogP contribution in [0.2, 0.25) is 0 Å². The minimum absolute atomic E-state index is 1.26. The van der Waals surface area contributed by atoms with E-state index in [2.05, 4.69) is 36.1 Å². The largest absolute Gasteiger partial charge is 0.161 e. The van der Waals surface area contributed by atoms with Crippen molar-refractivity contribution in [2.45, 2.75) is 38.5 Å². The Labute approximate surface area is 86.5 Å². The molecule has 0 saturated carbocycles. The molecule has 1 aliphatic heterocycles. The molecule has 1 rings (SSSR count). The fourth-order valence-corrected chi connectivity index (χ4v) is 2.21. The monoisotopic (exact) mass is 196 g/mol. The molecule has 0 aromatic heterocycles. The fourth-order valence-electron chi connectivity index (χ4n) is 1.40. The van der Waals surface area contributed by atoms with Crippen LogP contribution in [0.15, 0.2) is 24.3 Å². The first kappa shape index (κ1) is 10.9. The van der Waals surface area contributed by atoms with E-state index in [1.54, 1.807) is 0 Å². The molecule has 0 nitrogen and oxygen atoms in total. The third kappa shape index (κ3) is 6.94. The normalized spacial score (nSPS) is 26.5. The second-order valence-corrected chi connectivity index (χ2v) is 4.64. The molecule has 0 aromatic carbocycles. The van der Waals surface area contributed by atoms with E-state index in [1.807, 2.05) is 0 Å². The van der Waals surface area contributed by atoms with Crippen molar-refractivity contribution in [2.75, 3.05) is 11.5 Å². The number of thioether (sulfide) groups is 1. The molecule has 1 heteroatoms. The Morgan fingerprint density at radius 2 is 1.08 bits per heavy atom. The smallest absolute Gasteiger partial charge is 0.00328 e. The van der Waals surface area contributed by atoms with Gasteiger partial charge in [-0.1, -0.05) is 24.3 Å². The van der Waals surface area contributed by atoms with Crippen molar-refractivity contribution >= 4 is 11.8 Å². The molecule has 0 atom stereocenters. The minimum atomic E-state index is 1.26. The second-order valence-electron chi connectivity index (χ2n) is 3.42. The van der Waals surface area contributed by atoms with Crippen molar-refractivity contribution in [1.29, 1.82) is 0 Å². The molecule has 13 heavy (non-hydrogen) atoms. The Morgan fingerprint density at radius 3 is 1.62 bits per heavy atom. The Balaban J connectivity index is 2.18. The van der Waals surface area contributed by atoms with Gasteiger partial charge < -0.3 is 0 Å². The minimum Gasteiger partial charge on any atom is -0.161 e. The van der Waals surface area contributed by atoms with Gasteiger partial charge in [0.25, 0.3) is 0 Å². The number of hydrogen-bond donors (Lipinski definition) is 0. The summed E-state index contributed by atoms with van der Waals surface area (Å²) < 4.78 is 0. The highest BCUT2D eigenvalue weighted by Gasteiger charge is 1.88. The lowest BCUT2D eigenvalue weighted by atomic mass is 10.1. The topological polar surface area (TPSA) is 0 Å². The van der Waals surface area contributed by atoms with Crippen LogP contribution in [0.5, 0.6) is 0 Å². The molecule has 1 heterocycles. The van der Waals surface area contributed by atoms with Crippen molar-refractivity contribution in [3.8, 4) is 0 Å². The van der Waals surface area contributed by atoms with E-state index in [0.29, 0.717) is 0 Å². The van der Waals surface area contributed by atoms with E-state index in [4.69, 9.17) is 0 Å². The quantitative estimate of drug-likeness (QED) is 0.524. The lowest BCUT2D eigenvalue weighted by Crippen LogP contribution is -1.79. The summed E-state index contributed by atoms with van der Waals surface area (Å²) in [6, 6.07) is 0. The van der Waals surface area contributed by atoms with Gasteiger partial charge in [-0.25, -0.2) is 0 Å². The van der Waals surface area contributed by atoms with Crippen LogP contribution in [-0.4, -0.2) is 11.5 Å². The highest BCUT2D eigenvalue weighted by Crippen LogP contribution is 2.09. The van der Waals surface area contributed by atoms with Gasteiger partial charge in [-0.15, -0.1) is 0 Å². The summed E-state index contributed by atoms with van der Waals surface area (Å²) in [5.74, 6) is 2.59. The van der Waals surface area contributed by atoms with Crippen LogP contribution in [0.1, 0.15) is 38.5 Å². The van der Waals surface area contributed by atoms with Crippen LogP contribution in [0.3, 0.4) is 0 Å². The van der Waals surface area contributed by atoms with Crippen LogP contribution in [0.25, 0.3) is 0 Å². The maximum absolute atomic E-state index is 2.35. The molecule has 0 fully saturated rings. The molecular formula is C12H20S. The van der Waals surface area contributed by atoms with E-state index >= 15 is 0 Å². The Kier molecular flexibility index (Phi) is 7.07. The fraction of sp³-hybridized carbons (Fsp3) is 0.667. The van der Waals surface area contributed by atoms with E-state index in [-0.39, 0.29) is 0 Å². The summed E-state index contributed by atoms with van der Waals surface area (Å²) in [4.78, 5) is 0. The lowest BCUT2D eigenvalue weighted by molar-refractivity contribution is 0.760. The van der Waals surface area contributed by atoms with E-state index in [1.165, 1.54) is 50.0 Å². The van der Waals surface area contributed by atoms with Crippen LogP contribution in [0, 0.1) is 0 Å². The summed E-state index contributed by atoms with van der Waals surface area (Å²) in [7, 11) is 0. The van der Waals surface area contributed by atoms with Crippen LogP contribution >= 0.6 is 11.8 Å². The molecule has 0 amide bonds. The number of hydrogen-bond acceptors (Lipinski definition) is 1. The SMILES string of the molecule is C1=C\CCSCC/C=C\CCCC/1. The zero-order valence-corrected chi connectivity index (χ0v) is 9.19. The van der Waals surface area contributed by atoms with Gasteiger partial charge >= 0.3 is 0 Å². The predicted octanol–water partition coefficient (Wildman–Crippen LogP) is 4.19. The van der Waals surface area contributed by atoms with Gasteiger partial charge in [0.1, 0.15) is 0 Å². The molecule has 0 spiro atoms. The van der Waals surface area contributed by atoms with E-state index in [0.717, 1.165) is 0 Å². The highest BCUT2D eigenvalue weighted by atomic mass is 32.2. The molecule has 0 aromatic rings. The van der Waals surface area contributed by atoms with Crippen molar-refractivity contribution in [3.05, 3.63) is 24.3 Å². The van der Waals surface area contributed by atoms with Gasteiger partial charge in [0.05, 0.1) is 0 Å². The molecule has 0 unspecified atom stereocenters. The summed E-state index contributed by atoms with van der Waals surface area (Å²) in [6.07, 6.45) is 17.2. The molecule has 0 aliphatic carbocycles. The number of rotatable bonds is 0. The van der Waals surface area contributed by atoms with Crippen molar-refractivity contribution in [2.24, 2.45) is 0 Å². The molecule has 74 valence electrons. The van der Waals surface area contributed by atoms with Gasteiger partial charge in [0.15, 0.2) is 0 Å². The summed E-state index contributed by atoms with van der Waals surface area (Å²) in [6.45, 7) is 0. The van der Waals surface area contributed by atoms with Crippen LogP contribution < -0.4 is 0 Å². The molecule has 0 radical (unpaired) electrons. The van der Waals surface area contributed by atoms with E-state index in [9.17, 15) is 0 Å². The predicted molar refractivity (Wildman–Crippen MR) is 63.3 cm³/mol. The second kappa shape index (κ2) is 8.43. The first-order valence-corrected chi connectivity index (χ1v) is 6.53. The molecular weight excluding hydrogens is 176 g/mol. The maximum Gasteiger partial charge on any atom is -0.00328 e. The Bertz CT molecular complexity index is 141. The first-order valence-electron chi connectivity index (χ1n) is 5.38. The van der Waals surface area contributed by atoms with Gasteiger partial charge in [0, 0.05) is 0 Å². The van der Waals surface area contributed by atoms with Crippen molar-refractivity contribution in [1.82, 2.24) is 0 Å². The Morgan fingerprint density at radius 1 is 0.615 bits per heavy atom.